The normalized spacial score (nSPS) is 11.7. The van der Waals surface area contributed by atoms with Crippen molar-refractivity contribution in [3.63, 3.8) is 0 Å². The molecule has 0 radical (unpaired) electrons. The minimum atomic E-state index is 1.11. The number of benzene rings is 10. The predicted octanol–water partition coefficient (Wildman–Crippen LogP) is 15.5. The molecule has 0 saturated carbocycles. The molecule has 0 atom stereocenters. The van der Waals surface area contributed by atoms with Crippen molar-refractivity contribution in [3.05, 3.63) is 200 Å². The van der Waals surface area contributed by atoms with Crippen LogP contribution in [0, 0.1) is 0 Å². The molecule has 0 fully saturated rings. The Kier molecular flexibility index (Phi) is 7.11. The van der Waals surface area contributed by atoms with Gasteiger partial charge in [0.1, 0.15) is 0 Å². The number of anilines is 3. The van der Waals surface area contributed by atoms with Crippen LogP contribution in [0.1, 0.15) is 0 Å². The van der Waals surface area contributed by atoms with Gasteiger partial charge in [0.05, 0.1) is 0 Å². The zero-order valence-electron chi connectivity index (χ0n) is 29.4. The molecule has 54 heavy (non-hydrogen) atoms. The first-order valence-corrected chi connectivity index (χ1v) is 19.3. The summed E-state index contributed by atoms with van der Waals surface area (Å²) in [4.78, 5) is 2.39. The fourth-order valence-corrected chi connectivity index (χ4v) is 9.51. The molecule has 11 rings (SSSR count). The van der Waals surface area contributed by atoms with Gasteiger partial charge in [0.2, 0.25) is 0 Å². The third kappa shape index (κ3) is 5.07. The molecule has 0 amide bonds. The molecule has 252 valence electrons. The van der Waals surface area contributed by atoms with Crippen LogP contribution in [-0.4, -0.2) is 0 Å². The van der Waals surface area contributed by atoms with E-state index in [0.717, 1.165) is 17.1 Å². The molecule has 0 N–H and O–H groups in total. The summed E-state index contributed by atoms with van der Waals surface area (Å²) in [5.41, 5.74) is 8.25. The number of hydrogen-bond donors (Lipinski definition) is 0. The minimum Gasteiger partial charge on any atom is -0.310 e. The van der Waals surface area contributed by atoms with Crippen molar-refractivity contribution in [2.24, 2.45) is 0 Å². The second-order valence-corrected chi connectivity index (χ2v) is 15.2. The van der Waals surface area contributed by atoms with E-state index in [1.165, 1.54) is 85.5 Å². The maximum Gasteiger partial charge on any atom is 0.0468 e. The van der Waals surface area contributed by atoms with Gasteiger partial charge in [-0.05, 0) is 114 Å². The Morgan fingerprint density at radius 1 is 0.278 bits per heavy atom. The second-order valence-electron chi connectivity index (χ2n) is 14.1. The van der Waals surface area contributed by atoms with Gasteiger partial charge in [0.15, 0.2) is 0 Å². The number of hydrogen-bond acceptors (Lipinski definition) is 2. The van der Waals surface area contributed by atoms with E-state index < -0.39 is 0 Å². The van der Waals surface area contributed by atoms with Crippen molar-refractivity contribution < 1.29 is 0 Å². The first-order valence-electron chi connectivity index (χ1n) is 18.5. The molecule has 0 aliphatic rings. The first kappa shape index (κ1) is 30.8. The van der Waals surface area contributed by atoms with Crippen LogP contribution in [0.4, 0.5) is 17.1 Å². The number of fused-ring (bicyclic) bond motifs is 9. The Morgan fingerprint density at radius 3 is 1.56 bits per heavy atom. The van der Waals surface area contributed by atoms with Crippen molar-refractivity contribution in [3.8, 4) is 22.3 Å². The lowest BCUT2D eigenvalue weighted by atomic mass is 9.94. The van der Waals surface area contributed by atoms with Crippen molar-refractivity contribution in [2.75, 3.05) is 4.90 Å². The maximum absolute atomic E-state index is 2.39. The fraction of sp³-hybridized carbons (Fsp3) is 0. The Bertz CT molecular complexity index is 3210. The van der Waals surface area contributed by atoms with Crippen molar-refractivity contribution in [1.29, 1.82) is 0 Å². The summed E-state index contributed by atoms with van der Waals surface area (Å²) in [7, 11) is 0. The van der Waals surface area contributed by atoms with Crippen LogP contribution in [0.5, 0.6) is 0 Å². The molecule has 0 aliphatic heterocycles. The lowest BCUT2D eigenvalue weighted by molar-refractivity contribution is 1.29. The molecule has 1 aromatic heterocycles. The fourth-order valence-electron chi connectivity index (χ4n) is 8.37. The lowest BCUT2D eigenvalue weighted by Crippen LogP contribution is -2.09. The van der Waals surface area contributed by atoms with Gasteiger partial charge in [0.25, 0.3) is 0 Å². The van der Waals surface area contributed by atoms with E-state index >= 15 is 0 Å². The number of thiophene rings is 1. The standard InChI is InChI=1S/C52H33NS/c1-3-10-43-36(9-1)23-30-47-44(13-7-14-46(43)47)37-20-27-41(28-21-37)53(42-29-22-38-17-16-35-8-2-4-11-45(35)50(38)33-42)40-25-18-34(19-26-40)39-24-31-49-48-12-5-6-15-51(48)54-52(49)32-39/h1-33H. The third-order valence-electron chi connectivity index (χ3n) is 11.0. The molecule has 0 aliphatic carbocycles. The third-order valence-corrected chi connectivity index (χ3v) is 12.2. The van der Waals surface area contributed by atoms with Gasteiger partial charge in [-0.15, -0.1) is 11.3 Å². The van der Waals surface area contributed by atoms with E-state index in [9.17, 15) is 0 Å². The highest BCUT2D eigenvalue weighted by molar-refractivity contribution is 7.25. The summed E-state index contributed by atoms with van der Waals surface area (Å²) in [5.74, 6) is 0. The van der Waals surface area contributed by atoms with Gasteiger partial charge >= 0.3 is 0 Å². The van der Waals surface area contributed by atoms with Crippen LogP contribution >= 0.6 is 11.3 Å². The van der Waals surface area contributed by atoms with Gasteiger partial charge in [-0.3, -0.25) is 0 Å². The molecular weight excluding hydrogens is 671 g/mol. The van der Waals surface area contributed by atoms with E-state index in [0.29, 0.717) is 0 Å². The van der Waals surface area contributed by atoms with Crippen LogP contribution < -0.4 is 4.90 Å². The maximum atomic E-state index is 2.39. The van der Waals surface area contributed by atoms with Gasteiger partial charge < -0.3 is 4.90 Å². The average Bonchev–Trinajstić information content (AvgIpc) is 3.62. The molecule has 1 heterocycles. The van der Waals surface area contributed by atoms with Crippen molar-refractivity contribution in [2.45, 2.75) is 0 Å². The Morgan fingerprint density at radius 2 is 0.796 bits per heavy atom. The van der Waals surface area contributed by atoms with Crippen LogP contribution in [-0.2, 0) is 0 Å². The monoisotopic (exact) mass is 703 g/mol. The van der Waals surface area contributed by atoms with E-state index in [4.69, 9.17) is 0 Å². The Balaban J connectivity index is 1.02. The lowest BCUT2D eigenvalue weighted by Gasteiger charge is -2.26. The van der Waals surface area contributed by atoms with E-state index in [2.05, 4.69) is 205 Å². The predicted molar refractivity (Wildman–Crippen MR) is 235 cm³/mol. The largest absolute Gasteiger partial charge is 0.310 e. The summed E-state index contributed by atoms with van der Waals surface area (Å²) < 4.78 is 2.65. The van der Waals surface area contributed by atoms with Crippen LogP contribution in [0.3, 0.4) is 0 Å². The van der Waals surface area contributed by atoms with E-state index in [1.807, 2.05) is 11.3 Å². The first-order chi connectivity index (χ1) is 26.7. The van der Waals surface area contributed by atoms with Gasteiger partial charge in [-0.25, -0.2) is 0 Å². The summed E-state index contributed by atoms with van der Waals surface area (Å²) >= 11 is 1.87. The number of rotatable bonds is 5. The number of nitrogens with zero attached hydrogens (tertiary/aromatic N) is 1. The summed E-state index contributed by atoms with van der Waals surface area (Å²) in [6.45, 7) is 0. The van der Waals surface area contributed by atoms with E-state index in [1.54, 1.807) is 0 Å². The average molecular weight is 704 g/mol. The molecule has 0 saturated heterocycles. The minimum absolute atomic E-state index is 1.11. The van der Waals surface area contributed by atoms with E-state index in [-0.39, 0.29) is 0 Å². The van der Waals surface area contributed by atoms with Gasteiger partial charge in [-0.2, -0.15) is 0 Å². The quantitative estimate of drug-likeness (QED) is 0.161. The van der Waals surface area contributed by atoms with Crippen LogP contribution in [0.15, 0.2) is 200 Å². The summed E-state index contributed by atoms with van der Waals surface area (Å²) in [6, 6.07) is 73.6. The zero-order valence-corrected chi connectivity index (χ0v) is 30.2. The smallest absolute Gasteiger partial charge is 0.0468 e. The topological polar surface area (TPSA) is 3.24 Å². The highest BCUT2D eigenvalue weighted by Crippen LogP contribution is 2.41. The van der Waals surface area contributed by atoms with Crippen LogP contribution in [0.2, 0.25) is 0 Å². The van der Waals surface area contributed by atoms with Gasteiger partial charge in [-0.1, -0.05) is 152 Å². The van der Waals surface area contributed by atoms with Gasteiger partial charge in [0, 0.05) is 37.2 Å². The van der Waals surface area contributed by atoms with Crippen molar-refractivity contribution in [1.82, 2.24) is 0 Å². The molecular formula is C52H33NS. The molecule has 0 spiro atoms. The molecule has 11 aromatic rings. The SMILES string of the molecule is c1ccc2c(c1)ccc1ccc(N(c3ccc(-c4ccc5c(c4)sc4ccccc45)cc3)c3ccc(-c4cccc5c4ccc4ccccc45)cc3)cc12. The Labute approximate surface area is 317 Å². The second kappa shape index (κ2) is 12.4. The highest BCUT2D eigenvalue weighted by atomic mass is 32.1. The molecule has 10 aromatic carbocycles. The molecule has 0 bridgehead atoms. The highest BCUT2D eigenvalue weighted by Gasteiger charge is 2.16. The summed E-state index contributed by atoms with van der Waals surface area (Å²) in [5, 5.41) is 12.8. The molecule has 0 unspecified atom stereocenters. The summed E-state index contributed by atoms with van der Waals surface area (Å²) in [6.07, 6.45) is 0. The zero-order chi connectivity index (χ0) is 35.6. The Hall–Kier alpha value is -6.74. The molecule has 1 nitrogen and oxygen atoms in total. The molecule has 2 heteroatoms. The van der Waals surface area contributed by atoms with Crippen molar-refractivity contribution >= 4 is 91.7 Å². The van der Waals surface area contributed by atoms with Crippen LogP contribution in [0.25, 0.3) is 85.5 Å².